The summed E-state index contributed by atoms with van der Waals surface area (Å²) >= 11 is 1.50. The maximum Gasteiger partial charge on any atom is 0.230 e. The fraction of sp³-hybridized carbons (Fsp3) is 0.474. The molecule has 1 spiro atoms. The van der Waals surface area contributed by atoms with E-state index in [1.165, 1.54) is 11.3 Å². The molecule has 2 aliphatic heterocycles. The van der Waals surface area contributed by atoms with Gasteiger partial charge in [-0.3, -0.25) is 4.90 Å². The lowest BCUT2D eigenvalue weighted by atomic mass is 9.97. The molecule has 2 fully saturated rings. The molecular weight excluding hydrogens is 364 g/mol. The molecule has 8 heteroatoms. The van der Waals surface area contributed by atoms with Crippen LogP contribution < -0.4 is 0 Å². The molecule has 0 radical (unpaired) electrons. The zero-order chi connectivity index (χ0) is 18.4. The van der Waals surface area contributed by atoms with Gasteiger partial charge in [-0.2, -0.15) is 4.52 Å². The molecular formula is C19H22N4O3S. The van der Waals surface area contributed by atoms with Gasteiger partial charge in [-0.05, 0) is 12.5 Å². The molecule has 1 atom stereocenters. The minimum absolute atomic E-state index is 0.0428. The van der Waals surface area contributed by atoms with Gasteiger partial charge in [-0.1, -0.05) is 41.7 Å². The largest absolute Gasteiger partial charge is 0.492 e. The summed E-state index contributed by atoms with van der Waals surface area (Å²) < 4.78 is 13.3. The van der Waals surface area contributed by atoms with Crippen molar-refractivity contribution >= 4 is 16.3 Å². The number of nitrogens with zero attached hydrogens (tertiary/aromatic N) is 4. The second-order valence-corrected chi connectivity index (χ2v) is 8.11. The number of hydrogen-bond acceptors (Lipinski definition) is 7. The first kappa shape index (κ1) is 17.1. The first-order chi connectivity index (χ1) is 13.2. The topological polar surface area (TPSA) is 72.1 Å². The highest BCUT2D eigenvalue weighted by molar-refractivity contribution is 7.17. The number of aromatic nitrogens is 3. The van der Waals surface area contributed by atoms with Crippen LogP contribution in [0, 0.1) is 6.92 Å². The lowest BCUT2D eigenvalue weighted by molar-refractivity contribution is -0.187. The first-order valence-corrected chi connectivity index (χ1v) is 10.1. The number of aryl methyl sites for hydroxylation is 1. The van der Waals surface area contributed by atoms with Gasteiger partial charge in [0.05, 0.1) is 24.1 Å². The van der Waals surface area contributed by atoms with Crippen molar-refractivity contribution in [3.63, 3.8) is 0 Å². The molecule has 5 rings (SSSR count). The highest BCUT2D eigenvalue weighted by atomic mass is 32.1. The van der Waals surface area contributed by atoms with E-state index in [9.17, 15) is 5.11 Å². The molecule has 142 valence electrons. The van der Waals surface area contributed by atoms with Crippen LogP contribution in [0.4, 0.5) is 0 Å². The monoisotopic (exact) mass is 386 g/mol. The van der Waals surface area contributed by atoms with Gasteiger partial charge >= 0.3 is 0 Å². The van der Waals surface area contributed by atoms with Crippen LogP contribution in [0.25, 0.3) is 4.96 Å². The van der Waals surface area contributed by atoms with Gasteiger partial charge in [0.1, 0.15) is 5.82 Å². The number of ether oxygens (including phenoxy) is 2. The van der Waals surface area contributed by atoms with Crippen molar-refractivity contribution in [2.24, 2.45) is 0 Å². The number of piperidine rings is 1. The standard InChI is InChI=1S/C19H22N4O3S/c1-13-20-18-23(21-13)17(24)16(27-18)15(14-5-3-2-4-6-14)22-9-7-19(8-10-22)25-11-12-26-19/h2-6,15,24H,7-12H2,1H3/t15-/m0/s1. The predicted molar refractivity (Wildman–Crippen MR) is 101 cm³/mol. The van der Waals surface area contributed by atoms with Gasteiger partial charge in [-0.15, -0.1) is 5.10 Å². The van der Waals surface area contributed by atoms with Gasteiger partial charge in [0.15, 0.2) is 5.79 Å². The Morgan fingerprint density at radius 1 is 1.15 bits per heavy atom. The van der Waals surface area contributed by atoms with E-state index in [2.05, 4.69) is 27.1 Å². The quantitative estimate of drug-likeness (QED) is 0.746. The molecule has 0 aliphatic carbocycles. The Balaban J connectivity index is 1.51. The SMILES string of the molecule is Cc1nc2sc([C@H](c3ccccc3)N3CCC4(CC3)OCCO4)c(O)n2n1. The lowest BCUT2D eigenvalue weighted by Gasteiger charge is -2.41. The molecule has 2 saturated heterocycles. The maximum absolute atomic E-state index is 10.9. The molecule has 0 amide bonds. The van der Waals surface area contributed by atoms with Gasteiger partial charge < -0.3 is 14.6 Å². The van der Waals surface area contributed by atoms with Crippen molar-refractivity contribution in [1.82, 2.24) is 19.5 Å². The molecule has 0 unspecified atom stereocenters. The van der Waals surface area contributed by atoms with Crippen LogP contribution in [0.15, 0.2) is 30.3 Å². The highest BCUT2D eigenvalue weighted by Crippen LogP contribution is 2.42. The predicted octanol–water partition coefficient (Wildman–Crippen LogP) is 2.73. The van der Waals surface area contributed by atoms with Crippen LogP contribution in [0.1, 0.15) is 35.1 Å². The second-order valence-electron chi connectivity index (χ2n) is 7.10. The summed E-state index contributed by atoms with van der Waals surface area (Å²) in [5.74, 6) is 0.426. The average Bonchev–Trinajstić information content (AvgIpc) is 3.36. The van der Waals surface area contributed by atoms with E-state index >= 15 is 0 Å². The lowest BCUT2D eigenvalue weighted by Crippen LogP contribution is -2.46. The Hall–Kier alpha value is -2.00. The number of hydrogen-bond donors (Lipinski definition) is 1. The van der Waals surface area contributed by atoms with Crippen LogP contribution in [0.3, 0.4) is 0 Å². The molecule has 27 heavy (non-hydrogen) atoms. The van der Waals surface area contributed by atoms with E-state index in [0.29, 0.717) is 19.0 Å². The third-order valence-electron chi connectivity index (χ3n) is 5.41. The number of benzene rings is 1. The van der Waals surface area contributed by atoms with Gasteiger partial charge in [0.25, 0.3) is 0 Å². The fourth-order valence-corrected chi connectivity index (χ4v) is 5.26. The molecule has 3 aromatic rings. The van der Waals surface area contributed by atoms with Gasteiger partial charge in [0, 0.05) is 25.9 Å². The van der Waals surface area contributed by atoms with E-state index in [-0.39, 0.29) is 11.9 Å². The van der Waals surface area contributed by atoms with E-state index in [0.717, 1.165) is 41.3 Å². The third-order valence-corrected chi connectivity index (χ3v) is 6.48. The molecule has 2 aliphatic rings. The highest BCUT2D eigenvalue weighted by Gasteiger charge is 2.42. The normalized spacial score (nSPS) is 21.2. The third kappa shape index (κ3) is 2.93. The fourth-order valence-electron chi connectivity index (χ4n) is 4.10. The Morgan fingerprint density at radius 3 is 2.52 bits per heavy atom. The van der Waals surface area contributed by atoms with E-state index in [1.54, 1.807) is 4.52 Å². The number of thiazole rings is 1. The van der Waals surface area contributed by atoms with Crippen LogP contribution in [0.5, 0.6) is 5.88 Å². The Morgan fingerprint density at radius 2 is 1.85 bits per heavy atom. The van der Waals surface area contributed by atoms with Crippen molar-refractivity contribution < 1.29 is 14.6 Å². The summed E-state index contributed by atoms with van der Waals surface area (Å²) in [6.45, 7) is 4.86. The minimum atomic E-state index is -0.414. The Bertz CT molecular complexity index is 939. The molecule has 4 heterocycles. The molecule has 2 aromatic heterocycles. The van der Waals surface area contributed by atoms with Crippen LogP contribution in [-0.2, 0) is 9.47 Å². The number of aromatic hydroxyl groups is 1. The molecule has 1 aromatic carbocycles. The van der Waals surface area contributed by atoms with Crippen molar-refractivity contribution in [2.45, 2.75) is 31.6 Å². The summed E-state index contributed by atoms with van der Waals surface area (Å²) in [7, 11) is 0. The van der Waals surface area contributed by atoms with E-state index in [4.69, 9.17) is 9.47 Å². The summed E-state index contributed by atoms with van der Waals surface area (Å²) in [6.07, 6.45) is 1.66. The Labute approximate surface area is 161 Å². The molecule has 1 N–H and O–H groups in total. The number of likely N-dealkylation sites (tertiary alicyclic amines) is 1. The number of fused-ring (bicyclic) bond motifs is 1. The van der Waals surface area contributed by atoms with Crippen molar-refractivity contribution in [3.05, 3.63) is 46.6 Å². The number of rotatable bonds is 3. The van der Waals surface area contributed by atoms with Crippen LogP contribution in [-0.4, -0.2) is 56.7 Å². The van der Waals surface area contributed by atoms with E-state index in [1.807, 2.05) is 25.1 Å². The first-order valence-electron chi connectivity index (χ1n) is 9.27. The maximum atomic E-state index is 10.9. The minimum Gasteiger partial charge on any atom is -0.492 e. The summed E-state index contributed by atoms with van der Waals surface area (Å²) in [6, 6.07) is 10.3. The molecule has 0 bridgehead atoms. The average molecular weight is 386 g/mol. The van der Waals surface area contributed by atoms with Crippen molar-refractivity contribution in [2.75, 3.05) is 26.3 Å². The summed E-state index contributed by atoms with van der Waals surface area (Å²) in [5, 5.41) is 15.2. The van der Waals surface area contributed by atoms with E-state index < -0.39 is 5.79 Å². The van der Waals surface area contributed by atoms with Crippen molar-refractivity contribution in [1.29, 1.82) is 0 Å². The van der Waals surface area contributed by atoms with Crippen molar-refractivity contribution in [3.8, 4) is 5.88 Å². The van der Waals surface area contributed by atoms with Crippen LogP contribution in [0.2, 0.25) is 0 Å². The van der Waals surface area contributed by atoms with Gasteiger partial charge in [0.2, 0.25) is 10.8 Å². The Kier molecular flexibility index (Phi) is 4.16. The van der Waals surface area contributed by atoms with Crippen LogP contribution >= 0.6 is 11.3 Å². The second kappa shape index (κ2) is 6.56. The van der Waals surface area contributed by atoms with Gasteiger partial charge in [-0.25, -0.2) is 4.98 Å². The summed E-state index contributed by atoms with van der Waals surface area (Å²) in [5.41, 5.74) is 1.15. The zero-order valence-corrected chi connectivity index (χ0v) is 16.0. The molecule has 0 saturated carbocycles. The summed E-state index contributed by atoms with van der Waals surface area (Å²) in [4.78, 5) is 8.41. The zero-order valence-electron chi connectivity index (χ0n) is 15.2. The molecule has 7 nitrogen and oxygen atoms in total. The smallest absolute Gasteiger partial charge is 0.230 e.